The van der Waals surface area contributed by atoms with Gasteiger partial charge in [-0.2, -0.15) is 0 Å². The maximum atomic E-state index is 12.6. The normalized spacial score (nSPS) is 20.2. The average molecular weight is 758 g/mol. The Bertz CT molecular complexity index is 1110. The zero-order valence-corrected chi connectivity index (χ0v) is 32.6. The number of carbonyl (C=O) groups is 3. The van der Waals surface area contributed by atoms with E-state index in [-0.39, 0.29) is 56.6 Å². The van der Waals surface area contributed by atoms with Crippen LogP contribution >= 0.6 is 7.82 Å². The molecule has 0 aliphatic heterocycles. The lowest BCUT2D eigenvalue weighted by Gasteiger charge is -2.19. The Morgan fingerprint density at radius 1 is 0.865 bits per heavy atom. The quantitative estimate of drug-likeness (QED) is 0.0234. The van der Waals surface area contributed by atoms with Gasteiger partial charge in [0.25, 0.3) is 0 Å². The van der Waals surface area contributed by atoms with Crippen LogP contribution < -0.4 is 5.73 Å². The highest BCUT2D eigenvalue weighted by atomic mass is 31.2. The highest BCUT2D eigenvalue weighted by Gasteiger charge is 2.39. The van der Waals surface area contributed by atoms with Crippen molar-refractivity contribution in [2.75, 3.05) is 26.4 Å². The summed E-state index contributed by atoms with van der Waals surface area (Å²) in [5.41, 5.74) is 5.32. The van der Waals surface area contributed by atoms with Crippen molar-refractivity contribution < 1.29 is 52.6 Å². The zero-order valence-electron chi connectivity index (χ0n) is 31.7. The van der Waals surface area contributed by atoms with Crippen LogP contribution in [0.2, 0.25) is 0 Å². The molecule has 52 heavy (non-hydrogen) atoms. The molecule has 13 heteroatoms. The third-order valence-corrected chi connectivity index (χ3v) is 9.85. The number of nitrogens with two attached hydrogens (primary N) is 1. The lowest BCUT2D eigenvalue weighted by atomic mass is 9.90. The second-order valence-corrected chi connectivity index (χ2v) is 15.0. The Balaban J connectivity index is 2.50. The number of hydrogen-bond donors (Lipinski definition) is 4. The van der Waals surface area contributed by atoms with Crippen molar-refractivity contribution in [2.24, 2.45) is 17.6 Å². The van der Waals surface area contributed by atoms with Crippen LogP contribution in [0.15, 0.2) is 36.5 Å². The molecule has 0 saturated heterocycles. The van der Waals surface area contributed by atoms with E-state index < -0.39 is 44.7 Å². The number of hydrogen-bond acceptors (Lipinski definition) is 11. The summed E-state index contributed by atoms with van der Waals surface area (Å²) in [7, 11) is -4.45. The molecule has 0 aromatic rings. The number of Topliss-reactive ketones (excluding diaryl/α,β-unsaturated/α-hetero) is 1. The van der Waals surface area contributed by atoms with Crippen LogP contribution in [0.25, 0.3) is 0 Å². The van der Waals surface area contributed by atoms with Gasteiger partial charge < -0.3 is 30.3 Å². The van der Waals surface area contributed by atoms with Crippen LogP contribution in [0.5, 0.6) is 0 Å². The second-order valence-electron chi connectivity index (χ2n) is 13.6. The van der Waals surface area contributed by atoms with Gasteiger partial charge in [0.1, 0.15) is 12.4 Å². The van der Waals surface area contributed by atoms with Gasteiger partial charge in [0.05, 0.1) is 25.4 Å². The van der Waals surface area contributed by atoms with Gasteiger partial charge in [-0.25, -0.2) is 4.57 Å². The van der Waals surface area contributed by atoms with Crippen LogP contribution in [0.1, 0.15) is 136 Å². The fourth-order valence-electron chi connectivity index (χ4n) is 5.83. The molecular formula is C39H68NO11P. The first-order chi connectivity index (χ1) is 25.0. The molecule has 1 unspecified atom stereocenters. The first-order valence-corrected chi connectivity index (χ1v) is 21.1. The SMILES string of the molecule is CCCC/C=C\CCCCCCCC(=O)OC[C@H](COP(=O)(O)OCCN)OC(=O)CCC/C=C\C[C@H]1C(=O)C[C@@H](O)[C@@H]1/C=C/[C@@H](O)CCCCC. The van der Waals surface area contributed by atoms with Crippen LogP contribution in [0.4, 0.5) is 0 Å². The van der Waals surface area contributed by atoms with Gasteiger partial charge in [0.15, 0.2) is 6.10 Å². The lowest BCUT2D eigenvalue weighted by molar-refractivity contribution is -0.161. The minimum Gasteiger partial charge on any atom is -0.462 e. The van der Waals surface area contributed by atoms with Crippen molar-refractivity contribution in [2.45, 2.75) is 154 Å². The minimum atomic E-state index is -4.45. The van der Waals surface area contributed by atoms with E-state index >= 15 is 0 Å². The summed E-state index contributed by atoms with van der Waals surface area (Å²) < 4.78 is 32.6. The highest BCUT2D eigenvalue weighted by molar-refractivity contribution is 7.47. The van der Waals surface area contributed by atoms with E-state index in [0.717, 1.165) is 57.8 Å². The average Bonchev–Trinajstić information content (AvgIpc) is 3.38. The van der Waals surface area contributed by atoms with Crippen molar-refractivity contribution in [1.29, 1.82) is 0 Å². The van der Waals surface area contributed by atoms with Gasteiger partial charge in [-0.3, -0.25) is 23.4 Å². The predicted octanol–water partition coefficient (Wildman–Crippen LogP) is 7.19. The summed E-state index contributed by atoms with van der Waals surface area (Å²) in [5.74, 6) is -1.78. The summed E-state index contributed by atoms with van der Waals surface area (Å²) in [5, 5.41) is 20.6. The van der Waals surface area contributed by atoms with Crippen LogP contribution in [0, 0.1) is 11.8 Å². The predicted molar refractivity (Wildman–Crippen MR) is 202 cm³/mol. The molecule has 1 saturated carbocycles. The number of carbonyl (C=O) groups excluding carboxylic acids is 3. The molecule has 0 amide bonds. The van der Waals surface area contributed by atoms with Gasteiger partial charge >= 0.3 is 19.8 Å². The van der Waals surface area contributed by atoms with Crippen molar-refractivity contribution in [3.8, 4) is 0 Å². The molecule has 0 aromatic heterocycles. The molecular weight excluding hydrogens is 689 g/mol. The summed E-state index contributed by atoms with van der Waals surface area (Å²) in [6.45, 7) is 3.23. The van der Waals surface area contributed by atoms with Gasteiger partial charge in [-0.1, -0.05) is 102 Å². The largest absolute Gasteiger partial charge is 0.472 e. The highest BCUT2D eigenvalue weighted by Crippen LogP contribution is 2.43. The van der Waals surface area contributed by atoms with Gasteiger partial charge in [-0.15, -0.1) is 0 Å². The van der Waals surface area contributed by atoms with Crippen molar-refractivity contribution in [3.05, 3.63) is 36.5 Å². The van der Waals surface area contributed by atoms with E-state index in [4.69, 9.17) is 24.3 Å². The number of phosphoric acid groups is 1. The monoisotopic (exact) mass is 757 g/mol. The summed E-state index contributed by atoms with van der Waals surface area (Å²) in [6, 6.07) is 0. The number of rotatable bonds is 32. The fraction of sp³-hybridized carbons (Fsp3) is 0.769. The van der Waals surface area contributed by atoms with E-state index in [1.807, 2.05) is 12.2 Å². The second kappa shape index (κ2) is 30.2. The Hall–Kier alpha value is -2.18. The molecule has 1 aliphatic rings. The van der Waals surface area contributed by atoms with Gasteiger partial charge in [0, 0.05) is 37.6 Å². The zero-order chi connectivity index (χ0) is 38.5. The summed E-state index contributed by atoms with van der Waals surface area (Å²) >= 11 is 0. The maximum absolute atomic E-state index is 12.6. The van der Waals surface area contributed by atoms with E-state index in [9.17, 15) is 34.1 Å². The third-order valence-electron chi connectivity index (χ3n) is 8.87. The van der Waals surface area contributed by atoms with E-state index in [0.29, 0.717) is 32.1 Å². The van der Waals surface area contributed by atoms with Crippen molar-refractivity contribution in [1.82, 2.24) is 0 Å². The van der Waals surface area contributed by atoms with E-state index in [1.165, 1.54) is 12.8 Å². The Morgan fingerprint density at radius 3 is 2.25 bits per heavy atom. The Labute approximate surface area is 312 Å². The van der Waals surface area contributed by atoms with Crippen molar-refractivity contribution in [3.63, 3.8) is 0 Å². The topological polar surface area (TPSA) is 192 Å². The number of allylic oxidation sites excluding steroid dienone is 4. The van der Waals surface area contributed by atoms with Gasteiger partial charge in [-0.05, 0) is 51.4 Å². The molecule has 0 heterocycles. The van der Waals surface area contributed by atoms with E-state index in [2.05, 4.69) is 26.0 Å². The molecule has 0 radical (unpaired) electrons. The standard InChI is InChI=1S/C39H68NO11P/c1-3-5-7-8-9-10-11-12-13-14-19-23-38(44)48-30-33(31-50-52(46,47)49-28-27-40)51-39(45)24-20-16-15-18-22-34-35(37(43)29-36(34)42)26-25-32(41)21-17-6-4-2/h8-9,15,18,25-26,32-35,37,41,43H,3-7,10-14,16-17,19-24,27-31,40H2,1-2H3,(H,46,47)/b9-8-,18-15-,26-25+/t32-,33+,34+,35+,37+/m0/s1. The number of ether oxygens (including phenoxy) is 2. The number of aliphatic hydroxyl groups is 2. The molecule has 0 bridgehead atoms. The molecule has 6 atom stereocenters. The van der Waals surface area contributed by atoms with Crippen LogP contribution in [0.3, 0.4) is 0 Å². The molecule has 1 aliphatic carbocycles. The number of esters is 2. The number of aliphatic hydroxyl groups excluding tert-OH is 2. The van der Waals surface area contributed by atoms with E-state index in [1.54, 1.807) is 12.2 Å². The molecule has 12 nitrogen and oxygen atoms in total. The molecule has 1 fully saturated rings. The van der Waals surface area contributed by atoms with Crippen LogP contribution in [-0.4, -0.2) is 77.5 Å². The Morgan fingerprint density at radius 2 is 1.52 bits per heavy atom. The summed E-state index contributed by atoms with van der Waals surface area (Å²) in [4.78, 5) is 47.4. The first kappa shape index (κ1) is 47.8. The molecule has 0 spiro atoms. The van der Waals surface area contributed by atoms with Crippen molar-refractivity contribution >= 4 is 25.5 Å². The smallest absolute Gasteiger partial charge is 0.462 e. The molecule has 5 N–H and O–H groups in total. The molecule has 300 valence electrons. The van der Waals surface area contributed by atoms with Crippen LogP contribution in [-0.2, 0) is 37.5 Å². The summed E-state index contributed by atoms with van der Waals surface area (Å²) in [6.07, 6.45) is 24.1. The minimum absolute atomic E-state index is 0.00829. The molecule has 1 rings (SSSR count). The lowest BCUT2D eigenvalue weighted by Crippen LogP contribution is -2.29. The maximum Gasteiger partial charge on any atom is 0.472 e. The third kappa shape index (κ3) is 24.2. The molecule has 0 aromatic carbocycles. The number of phosphoric ester groups is 1. The fourth-order valence-corrected chi connectivity index (χ4v) is 6.60. The Kier molecular flexibility index (Phi) is 27.8. The first-order valence-electron chi connectivity index (χ1n) is 19.6. The van der Waals surface area contributed by atoms with Gasteiger partial charge in [0.2, 0.25) is 0 Å². The number of unbranched alkanes of at least 4 members (excludes halogenated alkanes) is 10. The number of ketones is 1.